The molecule has 41 heavy (non-hydrogen) atoms. The Morgan fingerprint density at radius 2 is 1.78 bits per heavy atom. The molecule has 0 radical (unpaired) electrons. The predicted octanol–water partition coefficient (Wildman–Crippen LogP) is 4.77. The smallest absolute Gasteiger partial charge is 0.254 e. The zero-order valence-electron chi connectivity index (χ0n) is 25.8. The monoisotopic (exact) mass is 562 g/mol. The van der Waals surface area contributed by atoms with Gasteiger partial charge in [0.25, 0.3) is 11.7 Å². The largest absolute Gasteiger partial charge is 0.448 e. The molecule has 2 aromatic rings. The van der Waals surface area contributed by atoms with E-state index >= 15 is 0 Å². The van der Waals surface area contributed by atoms with Gasteiger partial charge in [-0.1, -0.05) is 6.92 Å². The van der Waals surface area contributed by atoms with Gasteiger partial charge >= 0.3 is 0 Å². The number of nitrogens with one attached hydrogen (secondary N) is 1. The number of amides is 2. The van der Waals surface area contributed by atoms with E-state index in [2.05, 4.69) is 48.8 Å². The van der Waals surface area contributed by atoms with E-state index in [0.29, 0.717) is 36.9 Å². The minimum Gasteiger partial charge on any atom is -0.448 e. The van der Waals surface area contributed by atoms with Gasteiger partial charge in [0.1, 0.15) is 0 Å². The molecule has 3 aliphatic heterocycles. The normalized spacial score (nSPS) is 31.4. The molecule has 4 atom stereocenters. The van der Waals surface area contributed by atoms with Crippen molar-refractivity contribution in [2.45, 2.75) is 84.1 Å². The molecule has 4 heterocycles. The molecule has 1 saturated carbocycles. The highest BCUT2D eigenvalue weighted by Gasteiger charge is 2.49. The van der Waals surface area contributed by atoms with Gasteiger partial charge in [-0.15, -0.1) is 0 Å². The van der Waals surface area contributed by atoms with Crippen molar-refractivity contribution in [1.29, 1.82) is 0 Å². The fourth-order valence-electron chi connectivity index (χ4n) is 7.92. The van der Waals surface area contributed by atoms with Gasteiger partial charge in [-0.25, -0.2) is 0 Å². The standard InChI is InChI=1S/C33H46N4O4/c1-19-17-20(2)34-31(38)25(19)18-37-16-14-24-27(32(37)39)21(3)29-30(28(24)26-9-8-15-36(26)7)41-33(4,40-29)22-10-12-23(13-11-22)35(5)6/h8-9,15,19-20,22-23,25H,10-14,16-18H2,1-7H3,(H,34,38)/t19?,20?,22?,23?,25?,33-/m1/s1. The Labute approximate surface area is 244 Å². The maximum atomic E-state index is 14.2. The lowest BCUT2D eigenvalue weighted by Gasteiger charge is -2.39. The van der Waals surface area contributed by atoms with Crippen LogP contribution in [-0.4, -0.2) is 71.2 Å². The molecular formula is C33H46N4O4. The number of ether oxygens (including phenoxy) is 2. The van der Waals surface area contributed by atoms with E-state index in [1.54, 1.807) is 0 Å². The molecule has 8 nitrogen and oxygen atoms in total. The van der Waals surface area contributed by atoms with Crippen LogP contribution in [0, 0.1) is 24.7 Å². The fourth-order valence-corrected chi connectivity index (χ4v) is 7.92. The number of hydrogen-bond acceptors (Lipinski definition) is 5. The van der Waals surface area contributed by atoms with Gasteiger partial charge in [-0.3, -0.25) is 9.59 Å². The van der Waals surface area contributed by atoms with Gasteiger partial charge in [0, 0.05) is 62.4 Å². The number of carbonyl (C=O) groups is 2. The van der Waals surface area contributed by atoms with Crippen molar-refractivity contribution in [1.82, 2.24) is 19.7 Å². The summed E-state index contributed by atoms with van der Waals surface area (Å²) in [5.41, 5.74) is 4.60. The minimum absolute atomic E-state index is 0.00988. The van der Waals surface area contributed by atoms with E-state index in [4.69, 9.17) is 9.47 Å². The van der Waals surface area contributed by atoms with Crippen LogP contribution in [-0.2, 0) is 18.3 Å². The lowest BCUT2D eigenvalue weighted by Crippen LogP contribution is -2.52. The second-order valence-electron chi connectivity index (χ2n) is 13.4. The van der Waals surface area contributed by atoms with E-state index in [1.807, 2.05) is 38.1 Å². The zero-order chi connectivity index (χ0) is 29.2. The lowest BCUT2D eigenvalue weighted by molar-refractivity contribution is -0.130. The summed E-state index contributed by atoms with van der Waals surface area (Å²) >= 11 is 0. The predicted molar refractivity (Wildman–Crippen MR) is 159 cm³/mol. The molecule has 4 aliphatic rings. The lowest BCUT2D eigenvalue weighted by atomic mass is 9.81. The maximum Gasteiger partial charge on any atom is 0.254 e. The molecule has 0 spiro atoms. The molecule has 1 saturated heterocycles. The Kier molecular flexibility index (Phi) is 7.12. The van der Waals surface area contributed by atoms with Gasteiger partial charge in [0.05, 0.1) is 17.2 Å². The third kappa shape index (κ3) is 4.72. The Morgan fingerprint density at radius 1 is 1.07 bits per heavy atom. The SMILES string of the molecule is Cc1c2c(c(-c3cccn3C)c3c1C(=O)N(CC1C(=O)NC(C)CC1C)CC3)O[C@](C)(C1CCC(N(C)C)CC1)O2. The number of fused-ring (bicyclic) bond motifs is 2. The number of rotatable bonds is 5. The molecule has 3 unspecified atom stereocenters. The summed E-state index contributed by atoms with van der Waals surface area (Å²) in [6.45, 7) is 9.29. The Balaban J connectivity index is 1.37. The Morgan fingerprint density at radius 3 is 2.41 bits per heavy atom. The van der Waals surface area contributed by atoms with Gasteiger partial charge in [0.15, 0.2) is 11.5 Å². The fraction of sp³-hybridized carbons (Fsp3) is 0.636. The molecule has 1 aromatic heterocycles. The van der Waals surface area contributed by atoms with Crippen LogP contribution in [0.2, 0.25) is 0 Å². The van der Waals surface area contributed by atoms with Crippen LogP contribution >= 0.6 is 0 Å². The van der Waals surface area contributed by atoms with Crippen molar-refractivity contribution in [2.75, 3.05) is 27.2 Å². The van der Waals surface area contributed by atoms with Crippen molar-refractivity contribution >= 4 is 11.8 Å². The molecule has 8 heteroatoms. The van der Waals surface area contributed by atoms with Crippen LogP contribution in [0.5, 0.6) is 11.5 Å². The summed E-state index contributed by atoms with van der Waals surface area (Å²) in [4.78, 5) is 31.4. The molecule has 2 fully saturated rings. The Hall–Kier alpha value is -3.00. The first kappa shape index (κ1) is 28.1. The number of piperidine rings is 1. The van der Waals surface area contributed by atoms with Gasteiger partial charge in [-0.05, 0) is 90.1 Å². The first-order chi connectivity index (χ1) is 19.5. The van der Waals surface area contributed by atoms with Crippen LogP contribution in [0.1, 0.15) is 74.4 Å². The van der Waals surface area contributed by atoms with E-state index in [-0.39, 0.29) is 35.6 Å². The third-order valence-electron chi connectivity index (χ3n) is 10.4. The van der Waals surface area contributed by atoms with Crippen LogP contribution in [0.15, 0.2) is 18.3 Å². The molecule has 1 N–H and O–H groups in total. The van der Waals surface area contributed by atoms with Crippen LogP contribution in [0.25, 0.3) is 11.3 Å². The van der Waals surface area contributed by atoms with E-state index in [9.17, 15) is 9.59 Å². The highest BCUT2D eigenvalue weighted by Crippen LogP contribution is 2.55. The molecule has 2 amide bonds. The first-order valence-corrected chi connectivity index (χ1v) is 15.4. The highest BCUT2D eigenvalue weighted by atomic mass is 16.7. The molecule has 0 bridgehead atoms. The van der Waals surface area contributed by atoms with E-state index in [1.165, 1.54) is 0 Å². The average Bonchev–Trinajstić information content (AvgIpc) is 3.51. The summed E-state index contributed by atoms with van der Waals surface area (Å²) in [6.07, 6.45) is 8.00. The van der Waals surface area contributed by atoms with E-state index in [0.717, 1.165) is 60.2 Å². The topological polar surface area (TPSA) is 76.0 Å². The van der Waals surface area contributed by atoms with Gasteiger partial charge < -0.3 is 29.2 Å². The van der Waals surface area contributed by atoms with Crippen LogP contribution < -0.4 is 14.8 Å². The van der Waals surface area contributed by atoms with Crippen molar-refractivity contribution in [3.05, 3.63) is 35.0 Å². The first-order valence-electron chi connectivity index (χ1n) is 15.4. The number of hydrogen-bond donors (Lipinski definition) is 1. The number of nitrogens with zero attached hydrogens (tertiary/aromatic N) is 3. The Bertz CT molecular complexity index is 1360. The number of aryl methyl sites for hydroxylation is 1. The average molecular weight is 563 g/mol. The van der Waals surface area contributed by atoms with Crippen molar-refractivity contribution in [3.63, 3.8) is 0 Å². The molecule has 6 rings (SSSR count). The van der Waals surface area contributed by atoms with Gasteiger partial charge in [0.2, 0.25) is 5.91 Å². The molecule has 222 valence electrons. The number of carbonyl (C=O) groups excluding carboxylic acids is 2. The second-order valence-corrected chi connectivity index (χ2v) is 13.4. The summed E-state index contributed by atoms with van der Waals surface area (Å²) in [7, 11) is 6.35. The molecule has 1 aromatic carbocycles. The maximum absolute atomic E-state index is 14.2. The zero-order valence-corrected chi connectivity index (χ0v) is 25.8. The minimum atomic E-state index is -0.775. The van der Waals surface area contributed by atoms with Crippen molar-refractivity contribution < 1.29 is 19.1 Å². The van der Waals surface area contributed by atoms with E-state index < -0.39 is 5.79 Å². The van der Waals surface area contributed by atoms with Crippen LogP contribution in [0.4, 0.5) is 0 Å². The summed E-state index contributed by atoms with van der Waals surface area (Å²) in [5, 5.41) is 3.09. The summed E-state index contributed by atoms with van der Waals surface area (Å²) in [5.74, 6) is 1.05. The number of benzene rings is 1. The van der Waals surface area contributed by atoms with Crippen LogP contribution in [0.3, 0.4) is 0 Å². The van der Waals surface area contributed by atoms with Crippen molar-refractivity contribution in [3.8, 4) is 22.8 Å². The third-order valence-corrected chi connectivity index (χ3v) is 10.4. The molecular weight excluding hydrogens is 516 g/mol. The second kappa shape index (κ2) is 10.4. The quantitative estimate of drug-likeness (QED) is 0.569. The summed E-state index contributed by atoms with van der Waals surface area (Å²) in [6, 6.07) is 4.89. The highest BCUT2D eigenvalue weighted by molar-refractivity contribution is 6.02. The number of aromatic nitrogens is 1. The summed E-state index contributed by atoms with van der Waals surface area (Å²) < 4.78 is 15.8. The van der Waals surface area contributed by atoms with Gasteiger partial charge in [-0.2, -0.15) is 0 Å². The molecule has 1 aliphatic carbocycles. The van der Waals surface area contributed by atoms with Crippen molar-refractivity contribution in [2.24, 2.45) is 24.8 Å².